The number of nitrogens with two attached hydrogens (primary N) is 3. The summed E-state index contributed by atoms with van der Waals surface area (Å²) in [4.78, 5) is 0. The second kappa shape index (κ2) is 41.1. The molecule has 0 spiro atoms. The predicted molar refractivity (Wildman–Crippen MR) is 226 cm³/mol. The van der Waals surface area contributed by atoms with Crippen LogP contribution in [0, 0.1) is 0 Å². The van der Waals surface area contributed by atoms with Crippen LogP contribution in [-0.2, 0) is 55.0 Å². The van der Waals surface area contributed by atoms with Gasteiger partial charge in [0.15, 0.2) is 0 Å². The van der Waals surface area contributed by atoms with Gasteiger partial charge in [-0.3, -0.25) is 0 Å². The second-order valence-corrected chi connectivity index (χ2v) is 32.4. The van der Waals surface area contributed by atoms with Crippen molar-refractivity contribution < 1.29 is 107 Å². The van der Waals surface area contributed by atoms with Gasteiger partial charge < -0.3 is 94.4 Å². The van der Waals surface area contributed by atoms with Gasteiger partial charge in [-0.25, -0.2) is 0 Å². The molecule has 0 aliphatic heterocycles. The molecule has 0 aromatic carbocycles. The molecule has 0 fully saturated rings. The molecule has 18 nitrogen and oxygen atoms in total. The molecular weight excluding hydrogens is 1000 g/mol. The molecule has 0 heterocycles. The van der Waals surface area contributed by atoms with Gasteiger partial charge in [-0.05, 0) is 64.1 Å². The number of hydrogen-bond donors (Lipinski definition) is 4. The summed E-state index contributed by atoms with van der Waals surface area (Å²) >= 11 is 0.611. The molecule has 0 radical (unpaired) electrons. The summed E-state index contributed by atoms with van der Waals surface area (Å²) in [5, 5.41) is 0. The first kappa shape index (κ1) is 81.3. The minimum atomic E-state index is -4.36. The molecule has 0 aromatic rings. The molecule has 11 N–H and O–H groups in total. The maximum atomic E-state index is 13.0. The fourth-order valence-electron chi connectivity index (χ4n) is 5.28. The molecule has 0 aromatic heterocycles. The van der Waals surface area contributed by atoms with Gasteiger partial charge in [0.2, 0.25) is 0 Å². The second-order valence-electron chi connectivity index (χ2n) is 12.9. The molecule has 1 atom stereocenters. The molecule has 35 heteroatoms. The van der Waals surface area contributed by atoms with E-state index < -0.39 is 77.5 Å². The van der Waals surface area contributed by atoms with Gasteiger partial charge in [0, 0.05) is 100 Å². The normalized spacial score (nSPS) is 13.2. The fraction of sp³-hybridized carbons (Fsp3) is 1.00. The van der Waals surface area contributed by atoms with Crippen molar-refractivity contribution in [1.82, 2.24) is 0 Å². The van der Waals surface area contributed by atoms with E-state index in [4.69, 9.17) is 72.2 Å². The molecule has 0 bridgehead atoms. The van der Waals surface area contributed by atoms with Crippen LogP contribution in [0.5, 0.6) is 0 Å². The number of halogens is 9. The van der Waals surface area contributed by atoms with Gasteiger partial charge in [0.1, 0.15) is 0 Å². The molecule has 380 valence electrons. The van der Waals surface area contributed by atoms with Crippen LogP contribution in [0.3, 0.4) is 0 Å². The average molecular weight is 1080 g/mol. The fourth-order valence-corrected chi connectivity index (χ4v) is 29.2. The molecule has 0 saturated heterocycles. The quantitative estimate of drug-likeness (QED) is 0.0361. The Morgan fingerprint density at radius 3 is 0.794 bits per heavy atom. The summed E-state index contributed by atoms with van der Waals surface area (Å²) in [6.07, 6.45) is -8.51. The van der Waals surface area contributed by atoms with Crippen molar-refractivity contribution in [3.63, 3.8) is 0 Å². The zero-order chi connectivity index (χ0) is 45.8. The van der Waals surface area contributed by atoms with Crippen LogP contribution in [-0.4, -0.2) is 198 Å². The van der Waals surface area contributed by atoms with Gasteiger partial charge in [-0.1, -0.05) is 0 Å². The van der Waals surface area contributed by atoms with E-state index in [1.807, 2.05) is 0 Å². The molecule has 0 aliphatic carbocycles. The Morgan fingerprint density at radius 1 is 0.460 bits per heavy atom. The van der Waals surface area contributed by atoms with Gasteiger partial charge in [-0.15, -0.1) is 0 Å². The van der Waals surface area contributed by atoms with E-state index >= 15 is 0 Å². The van der Waals surface area contributed by atoms with E-state index in [0.29, 0.717) is 97.7 Å². The number of hydrogen-bond acceptors (Lipinski definition) is 16. The van der Waals surface area contributed by atoms with Crippen molar-refractivity contribution in [2.45, 2.75) is 100 Å². The summed E-state index contributed by atoms with van der Waals surface area (Å²) in [5.74, 6) is 0. The molecule has 0 saturated carbocycles. The zero-order valence-electron chi connectivity index (χ0n) is 38.4. The molecular formula is C28H73F9Mg2N4O14Si6. The molecule has 1 unspecified atom stereocenters. The summed E-state index contributed by atoms with van der Waals surface area (Å²) in [6, 6.07) is 0.870. The van der Waals surface area contributed by atoms with Crippen LogP contribution in [0.25, 0.3) is 0 Å². The first-order chi connectivity index (χ1) is 27.0. The van der Waals surface area contributed by atoms with Gasteiger partial charge in [-0.2, -0.15) is 26.3 Å². The Hall–Kier alpha value is 1.32. The molecule has 0 aliphatic rings. The van der Waals surface area contributed by atoms with Crippen LogP contribution in [0.15, 0.2) is 0 Å². The summed E-state index contributed by atoms with van der Waals surface area (Å²) < 4.78 is 155. The Labute approximate surface area is 402 Å². The summed E-state index contributed by atoms with van der Waals surface area (Å²) in [5.41, 5.74) is 20.5. The SMILES string of the molecule is CO[Si](CCCN)(OC)O[Si](C)(CCC(F)(F)F)O[Si](CCCN)(OC)OC.CO[Si](CCCN)(OC)O[Si](C)(CCC(F)(F)F)O[Si](CCC[NH3+])(OC)OC.O.[F-].[F-].[F-].[Mg+2].[O]=[Mg]. The zero-order valence-corrected chi connectivity index (χ0v) is 47.2. The van der Waals surface area contributed by atoms with Crippen molar-refractivity contribution in [3.8, 4) is 0 Å². The topological polar surface area (TPSA) is 265 Å². The third-order valence-corrected chi connectivity index (χ3v) is 31.5. The van der Waals surface area contributed by atoms with Crippen molar-refractivity contribution in [1.29, 1.82) is 0 Å². The van der Waals surface area contributed by atoms with E-state index in [1.54, 1.807) is 13.1 Å². The Morgan fingerprint density at radius 2 is 0.651 bits per heavy atom. The van der Waals surface area contributed by atoms with Crippen LogP contribution in [0.1, 0.15) is 38.5 Å². The first-order valence-corrected chi connectivity index (χ1v) is 31.9. The Kier molecular flexibility index (Phi) is 53.1. The van der Waals surface area contributed by atoms with Crippen LogP contribution >= 0.6 is 0 Å². The predicted octanol–water partition coefficient (Wildman–Crippen LogP) is -7.00. The van der Waals surface area contributed by atoms with Crippen molar-refractivity contribution in [3.05, 3.63) is 0 Å². The summed E-state index contributed by atoms with van der Waals surface area (Å²) in [6.45, 7) is 4.88. The standard InChI is InChI=1S/2C14H35F3N2O6Si3.3FH.2Mg.H2O.O/c2*1-20-27(21-2,11-6-9-18)24-26(5,13-8-14(15,16)17)25-28(22-3,23-4)12-7-10-19;;;;;;;/h2*6-13,18-19H2,1-5H3;3*1H;;;1H2;/q;;;;;;+2;;/p-2. The monoisotopic (exact) mass is 1080 g/mol. The van der Waals surface area contributed by atoms with E-state index in [0.717, 1.165) is 0 Å². The number of rotatable bonds is 32. The Bertz CT molecular complexity index is 925. The average Bonchev–Trinajstić information content (AvgIpc) is 3.20. The van der Waals surface area contributed by atoms with E-state index in [1.165, 1.54) is 56.9 Å². The number of alkyl halides is 6. The van der Waals surface area contributed by atoms with Crippen LogP contribution in [0.2, 0.25) is 49.4 Å². The Balaban J connectivity index is -0.000000143. The van der Waals surface area contributed by atoms with Crippen LogP contribution in [0.4, 0.5) is 26.3 Å². The summed E-state index contributed by atoms with van der Waals surface area (Å²) in [7, 11) is -8.66. The first-order valence-electron chi connectivity index (χ1n) is 18.5. The van der Waals surface area contributed by atoms with Crippen molar-refractivity contribution in [2.75, 3.05) is 83.1 Å². The van der Waals surface area contributed by atoms with Crippen LogP contribution < -0.4 is 37.0 Å². The third kappa shape index (κ3) is 34.3. The molecule has 0 rings (SSSR count). The van der Waals surface area contributed by atoms with Crippen molar-refractivity contribution >= 4 is 97.1 Å². The minimum absolute atomic E-state index is 0. The van der Waals surface area contributed by atoms with Crippen molar-refractivity contribution in [2.24, 2.45) is 17.2 Å². The van der Waals surface area contributed by atoms with Gasteiger partial charge >= 0.3 is 113 Å². The van der Waals surface area contributed by atoms with E-state index in [-0.39, 0.29) is 54.7 Å². The van der Waals surface area contributed by atoms with Gasteiger partial charge in [0.25, 0.3) is 0 Å². The van der Waals surface area contributed by atoms with Gasteiger partial charge in [0.05, 0.1) is 6.54 Å². The maximum absolute atomic E-state index is 13.0. The third-order valence-electron chi connectivity index (χ3n) is 8.49. The molecule has 0 amide bonds. The molecule has 63 heavy (non-hydrogen) atoms. The number of quaternary nitrogens is 1. The van der Waals surface area contributed by atoms with E-state index in [9.17, 15) is 26.3 Å². The van der Waals surface area contributed by atoms with E-state index in [2.05, 4.69) is 5.73 Å².